The molecule has 0 saturated carbocycles. The first-order chi connectivity index (χ1) is 20.1. The molecule has 1 heterocycles. The van der Waals surface area contributed by atoms with Crippen LogP contribution in [0.15, 0.2) is 82.7 Å². The molecule has 216 valence electrons. The second-order valence-electron chi connectivity index (χ2n) is 9.02. The first-order valence-corrected chi connectivity index (χ1v) is 12.7. The quantitative estimate of drug-likeness (QED) is 0.109. The Morgan fingerprint density at radius 1 is 0.833 bits per heavy atom. The molecule has 0 spiro atoms. The summed E-state index contributed by atoms with van der Waals surface area (Å²) in [6.45, 7) is 3.26. The van der Waals surface area contributed by atoms with Crippen LogP contribution in [0.1, 0.15) is 28.5 Å². The van der Waals surface area contributed by atoms with Crippen LogP contribution in [-0.2, 0) is 16.6 Å². The summed E-state index contributed by atoms with van der Waals surface area (Å²) in [5.41, 5.74) is 3.91. The van der Waals surface area contributed by atoms with Crippen molar-refractivity contribution in [1.29, 1.82) is 0 Å². The highest BCUT2D eigenvalue weighted by Crippen LogP contribution is 2.29. The number of nitrogens with one attached hydrogen (secondary N) is 2. The molecule has 12 nitrogen and oxygen atoms in total. The molecule has 4 aromatic rings. The van der Waals surface area contributed by atoms with Gasteiger partial charge in [-0.3, -0.25) is 19.1 Å². The number of hydrogen-bond donors (Lipinski definition) is 2. The summed E-state index contributed by atoms with van der Waals surface area (Å²) in [6, 6.07) is 20.1. The lowest BCUT2D eigenvalue weighted by Gasteiger charge is -2.11. The van der Waals surface area contributed by atoms with Crippen molar-refractivity contribution in [3.63, 3.8) is 0 Å². The first-order valence-electron chi connectivity index (χ1n) is 12.7. The monoisotopic (exact) mass is 571 g/mol. The van der Waals surface area contributed by atoms with Crippen molar-refractivity contribution in [2.45, 2.75) is 13.8 Å². The zero-order valence-electron chi connectivity index (χ0n) is 23.6. The number of methoxy groups -OCH3 is 2. The van der Waals surface area contributed by atoms with Gasteiger partial charge in [-0.05, 0) is 62.4 Å². The Bertz CT molecular complexity index is 1740. The van der Waals surface area contributed by atoms with Crippen LogP contribution >= 0.6 is 0 Å². The molecule has 3 aromatic carbocycles. The number of ether oxygens (including phenoxy) is 3. The van der Waals surface area contributed by atoms with Gasteiger partial charge in [-0.25, -0.2) is 14.9 Å². The van der Waals surface area contributed by atoms with E-state index in [0.29, 0.717) is 34.0 Å². The standard InChI is InChI=1S/C30H29N5O7/c1-18(20-14-15-24(25(17-20)41-5)42-30(39)21-10-9-13-23(16-21)40-4)32-33-28(37)27(36)31-26-19(2)34(3)35(29(26)38)22-11-7-6-8-12-22/h6-17H,1-5H3,(H,31,36)(H,33,37)/b32-18+. The maximum atomic E-state index is 13.0. The normalized spacial score (nSPS) is 11.0. The van der Waals surface area contributed by atoms with E-state index in [4.69, 9.17) is 14.2 Å². The van der Waals surface area contributed by atoms with Crippen LogP contribution < -0.4 is 30.5 Å². The van der Waals surface area contributed by atoms with Crippen LogP contribution in [-0.4, -0.2) is 47.1 Å². The van der Waals surface area contributed by atoms with Crippen molar-refractivity contribution in [2.24, 2.45) is 12.1 Å². The van der Waals surface area contributed by atoms with Gasteiger partial charge in [-0.2, -0.15) is 5.10 Å². The van der Waals surface area contributed by atoms with Gasteiger partial charge >= 0.3 is 17.8 Å². The van der Waals surface area contributed by atoms with Crippen molar-refractivity contribution >= 4 is 29.2 Å². The molecule has 42 heavy (non-hydrogen) atoms. The number of para-hydroxylation sites is 1. The Kier molecular flexibility index (Phi) is 8.86. The molecule has 0 unspecified atom stereocenters. The number of aromatic nitrogens is 2. The van der Waals surface area contributed by atoms with Crippen LogP contribution in [0.25, 0.3) is 5.69 Å². The van der Waals surface area contributed by atoms with E-state index in [1.165, 1.54) is 25.0 Å². The largest absolute Gasteiger partial charge is 0.497 e. The highest BCUT2D eigenvalue weighted by Gasteiger charge is 2.22. The minimum atomic E-state index is -1.07. The highest BCUT2D eigenvalue weighted by molar-refractivity contribution is 6.39. The van der Waals surface area contributed by atoms with Gasteiger partial charge in [-0.15, -0.1) is 0 Å². The van der Waals surface area contributed by atoms with Crippen LogP contribution in [0.2, 0.25) is 0 Å². The third kappa shape index (κ3) is 6.22. The van der Waals surface area contributed by atoms with Crippen LogP contribution in [0.5, 0.6) is 17.2 Å². The summed E-state index contributed by atoms with van der Waals surface area (Å²) >= 11 is 0. The van der Waals surface area contributed by atoms with Crippen molar-refractivity contribution in [3.8, 4) is 22.9 Å². The maximum absolute atomic E-state index is 13.0. The zero-order chi connectivity index (χ0) is 30.4. The van der Waals surface area contributed by atoms with E-state index >= 15 is 0 Å². The fourth-order valence-electron chi connectivity index (χ4n) is 4.02. The van der Waals surface area contributed by atoms with Gasteiger partial charge in [0.05, 0.1) is 36.9 Å². The molecular formula is C30H29N5O7. The van der Waals surface area contributed by atoms with E-state index in [9.17, 15) is 19.2 Å². The number of benzene rings is 3. The van der Waals surface area contributed by atoms with Gasteiger partial charge in [0.25, 0.3) is 5.56 Å². The van der Waals surface area contributed by atoms with Gasteiger partial charge in [0.2, 0.25) is 0 Å². The molecule has 2 N–H and O–H groups in total. The predicted molar refractivity (Wildman–Crippen MR) is 156 cm³/mol. The number of nitrogens with zero attached hydrogens (tertiary/aromatic N) is 3. The number of anilines is 1. The molecule has 0 radical (unpaired) electrons. The van der Waals surface area contributed by atoms with E-state index in [0.717, 1.165) is 0 Å². The topological polar surface area (TPSA) is 142 Å². The van der Waals surface area contributed by atoms with Gasteiger partial charge in [0, 0.05) is 12.6 Å². The third-order valence-corrected chi connectivity index (χ3v) is 6.41. The van der Waals surface area contributed by atoms with E-state index in [1.807, 2.05) is 6.07 Å². The SMILES string of the molecule is COc1cccc(C(=O)Oc2ccc(/C(C)=N/NC(=O)C(=O)Nc3c(C)n(C)n(-c4ccccc4)c3=O)cc2OC)c1. The Labute approximate surface area is 241 Å². The average molecular weight is 572 g/mol. The van der Waals surface area contributed by atoms with E-state index < -0.39 is 23.3 Å². The summed E-state index contributed by atoms with van der Waals surface area (Å²) in [5.74, 6) is -1.80. The molecular weight excluding hydrogens is 542 g/mol. The zero-order valence-corrected chi connectivity index (χ0v) is 23.6. The number of rotatable bonds is 8. The molecule has 0 bridgehead atoms. The van der Waals surface area contributed by atoms with Crippen LogP contribution in [0, 0.1) is 6.92 Å². The van der Waals surface area contributed by atoms with Gasteiger partial charge in [0.15, 0.2) is 11.5 Å². The van der Waals surface area contributed by atoms with Crippen molar-refractivity contribution in [2.75, 3.05) is 19.5 Å². The second kappa shape index (κ2) is 12.7. The minimum Gasteiger partial charge on any atom is -0.497 e. The Morgan fingerprint density at radius 3 is 2.26 bits per heavy atom. The van der Waals surface area contributed by atoms with Crippen molar-refractivity contribution in [1.82, 2.24) is 14.8 Å². The molecule has 0 saturated heterocycles. The Balaban J connectivity index is 1.44. The summed E-state index contributed by atoms with van der Waals surface area (Å²) in [7, 11) is 4.59. The molecule has 0 fully saturated rings. The lowest BCUT2D eigenvalue weighted by Crippen LogP contribution is -2.34. The molecule has 0 aliphatic heterocycles. The molecule has 0 aliphatic rings. The van der Waals surface area contributed by atoms with E-state index in [2.05, 4.69) is 15.8 Å². The van der Waals surface area contributed by atoms with Gasteiger partial charge in [0.1, 0.15) is 11.4 Å². The minimum absolute atomic E-state index is 0.0222. The molecule has 1 aromatic heterocycles. The number of hydrazone groups is 1. The third-order valence-electron chi connectivity index (χ3n) is 6.41. The van der Waals surface area contributed by atoms with Crippen molar-refractivity contribution in [3.05, 3.63) is 100.0 Å². The van der Waals surface area contributed by atoms with E-state index in [1.54, 1.807) is 86.2 Å². The summed E-state index contributed by atoms with van der Waals surface area (Å²) < 4.78 is 19.0. The average Bonchev–Trinajstić information content (AvgIpc) is 3.22. The van der Waals surface area contributed by atoms with Gasteiger partial charge in [-0.1, -0.05) is 24.3 Å². The fraction of sp³-hybridized carbons (Fsp3) is 0.167. The van der Waals surface area contributed by atoms with E-state index in [-0.39, 0.29) is 17.2 Å². The number of amides is 2. The van der Waals surface area contributed by atoms with Gasteiger partial charge < -0.3 is 19.5 Å². The fourth-order valence-corrected chi connectivity index (χ4v) is 4.02. The summed E-state index contributed by atoms with van der Waals surface area (Å²) in [6.07, 6.45) is 0. The van der Waals surface area contributed by atoms with Crippen molar-refractivity contribution < 1.29 is 28.6 Å². The van der Waals surface area contributed by atoms with Crippen LogP contribution in [0.3, 0.4) is 0 Å². The van der Waals surface area contributed by atoms with Crippen LogP contribution in [0.4, 0.5) is 5.69 Å². The lowest BCUT2D eigenvalue weighted by atomic mass is 10.1. The smallest absolute Gasteiger partial charge is 0.343 e. The molecule has 0 atom stereocenters. The number of esters is 1. The number of carbonyl (C=O) groups excluding carboxylic acids is 3. The maximum Gasteiger partial charge on any atom is 0.343 e. The number of carbonyl (C=O) groups is 3. The predicted octanol–water partition coefficient (Wildman–Crippen LogP) is 3.20. The molecule has 4 rings (SSSR count). The molecule has 2 amide bonds. The summed E-state index contributed by atoms with van der Waals surface area (Å²) in [5, 5.41) is 6.38. The highest BCUT2D eigenvalue weighted by atomic mass is 16.6. The molecule has 0 aliphatic carbocycles. The number of hydrogen-bond acceptors (Lipinski definition) is 8. The second-order valence-corrected chi connectivity index (χ2v) is 9.02. The molecule has 12 heteroatoms. The first kappa shape index (κ1) is 29.3. The Hall–Kier alpha value is -5.65. The Morgan fingerprint density at radius 2 is 1.57 bits per heavy atom. The lowest BCUT2D eigenvalue weighted by molar-refractivity contribution is -0.136. The summed E-state index contributed by atoms with van der Waals surface area (Å²) in [4.78, 5) is 50.7.